The molecule has 1 saturated heterocycles. The number of hydrogen-bond donors (Lipinski definition) is 2. The minimum Gasteiger partial charge on any atom is -0.480 e. The van der Waals surface area contributed by atoms with E-state index in [1.165, 1.54) is 0 Å². The highest BCUT2D eigenvalue weighted by Gasteiger charge is 2.47. The summed E-state index contributed by atoms with van der Waals surface area (Å²) in [6.45, 7) is 8.89. The van der Waals surface area contributed by atoms with Crippen molar-refractivity contribution in [3.63, 3.8) is 0 Å². The highest BCUT2D eigenvalue weighted by Crippen LogP contribution is 2.34. The van der Waals surface area contributed by atoms with E-state index in [0.717, 1.165) is 39.0 Å². The fourth-order valence-corrected chi connectivity index (χ4v) is 3.63. The van der Waals surface area contributed by atoms with Gasteiger partial charge in [0, 0.05) is 31.8 Å². The molecule has 2 aliphatic rings. The van der Waals surface area contributed by atoms with E-state index in [9.17, 15) is 9.90 Å². The van der Waals surface area contributed by atoms with Gasteiger partial charge in [-0.05, 0) is 46.5 Å². The molecule has 116 valence electrons. The number of rotatable bonds is 4. The fraction of sp³-hybridized carbons (Fsp3) is 0.933. The van der Waals surface area contributed by atoms with Crippen LogP contribution in [-0.2, 0) is 9.53 Å². The molecule has 1 aliphatic heterocycles. The van der Waals surface area contributed by atoms with Crippen LogP contribution in [0, 0.1) is 0 Å². The summed E-state index contributed by atoms with van der Waals surface area (Å²) >= 11 is 0. The van der Waals surface area contributed by atoms with Gasteiger partial charge in [-0.2, -0.15) is 0 Å². The number of carboxylic acids is 1. The van der Waals surface area contributed by atoms with E-state index in [0.29, 0.717) is 12.5 Å². The molecular weight excluding hydrogens is 256 g/mol. The zero-order chi connectivity index (χ0) is 14.8. The predicted molar refractivity (Wildman–Crippen MR) is 77.9 cm³/mol. The Hall–Kier alpha value is -0.650. The molecule has 5 nitrogen and oxygen atoms in total. The minimum absolute atomic E-state index is 0.191. The zero-order valence-corrected chi connectivity index (χ0v) is 12.9. The Bertz CT molecular complexity index is 348. The Labute approximate surface area is 121 Å². The number of carboxylic acid groups (broad SMARTS) is 1. The van der Waals surface area contributed by atoms with Gasteiger partial charge in [0.1, 0.15) is 5.54 Å². The van der Waals surface area contributed by atoms with Crippen molar-refractivity contribution >= 4 is 5.97 Å². The van der Waals surface area contributed by atoms with Crippen molar-refractivity contribution in [2.24, 2.45) is 0 Å². The maximum Gasteiger partial charge on any atom is 0.323 e. The smallest absolute Gasteiger partial charge is 0.323 e. The number of nitrogens with one attached hydrogen (secondary N) is 1. The van der Waals surface area contributed by atoms with Crippen LogP contribution in [-0.4, -0.2) is 59.4 Å². The van der Waals surface area contributed by atoms with Crippen molar-refractivity contribution in [2.45, 2.75) is 70.2 Å². The lowest BCUT2D eigenvalue weighted by atomic mass is 9.96. The third kappa shape index (κ3) is 3.51. The van der Waals surface area contributed by atoms with Crippen LogP contribution in [0.1, 0.15) is 46.5 Å². The van der Waals surface area contributed by atoms with E-state index in [-0.39, 0.29) is 12.1 Å². The average Bonchev–Trinajstić information content (AvgIpc) is 2.66. The minimum atomic E-state index is -0.741. The van der Waals surface area contributed by atoms with Gasteiger partial charge < -0.3 is 9.84 Å². The molecule has 3 unspecified atom stereocenters. The number of carbonyl (C=O) groups is 1. The van der Waals surface area contributed by atoms with E-state index in [1.54, 1.807) is 0 Å². The van der Waals surface area contributed by atoms with E-state index in [1.807, 2.05) is 13.8 Å². The largest absolute Gasteiger partial charge is 0.480 e. The van der Waals surface area contributed by atoms with Gasteiger partial charge >= 0.3 is 5.97 Å². The van der Waals surface area contributed by atoms with Crippen LogP contribution in [0.3, 0.4) is 0 Å². The highest BCUT2D eigenvalue weighted by molar-refractivity contribution is 5.79. The summed E-state index contributed by atoms with van der Waals surface area (Å²) in [7, 11) is 0. The molecule has 20 heavy (non-hydrogen) atoms. The van der Waals surface area contributed by atoms with Crippen molar-refractivity contribution < 1.29 is 14.6 Å². The Balaban J connectivity index is 2.03. The van der Waals surface area contributed by atoms with Gasteiger partial charge in [0.2, 0.25) is 0 Å². The van der Waals surface area contributed by atoms with Crippen molar-refractivity contribution in [2.75, 3.05) is 19.7 Å². The molecule has 2 N–H and O–H groups in total. The molecule has 0 radical (unpaired) electrons. The molecule has 1 saturated carbocycles. The lowest BCUT2D eigenvalue weighted by Crippen LogP contribution is -2.54. The quantitative estimate of drug-likeness (QED) is 0.818. The Morgan fingerprint density at radius 1 is 1.50 bits per heavy atom. The van der Waals surface area contributed by atoms with Crippen LogP contribution in [0.5, 0.6) is 0 Å². The highest BCUT2D eigenvalue weighted by atomic mass is 16.5. The second-order valence-corrected chi connectivity index (χ2v) is 6.61. The van der Waals surface area contributed by atoms with Gasteiger partial charge in [-0.1, -0.05) is 0 Å². The first-order valence-corrected chi connectivity index (χ1v) is 7.80. The number of aliphatic carboxylic acids is 1. The summed E-state index contributed by atoms with van der Waals surface area (Å²) in [5.74, 6) is -0.701. The number of nitrogens with zero attached hydrogens (tertiary/aromatic N) is 1. The molecule has 0 spiro atoms. The summed E-state index contributed by atoms with van der Waals surface area (Å²) in [5.41, 5.74) is -0.741. The number of ether oxygens (including phenoxy) is 1. The standard InChI is InChI=1S/C15H28N2O3/c1-11(2)16-15(14(18)19)6-5-13(9-15)17-7-4-8-20-12(3)10-17/h11-13,16H,4-10H2,1-3H3,(H,18,19). The fourth-order valence-electron chi connectivity index (χ4n) is 3.63. The third-order valence-corrected chi connectivity index (χ3v) is 4.46. The maximum absolute atomic E-state index is 11.7. The second kappa shape index (κ2) is 6.41. The van der Waals surface area contributed by atoms with Crippen LogP contribution < -0.4 is 5.32 Å². The molecule has 1 heterocycles. The molecule has 3 atom stereocenters. The predicted octanol–water partition coefficient (Wildman–Crippen LogP) is 1.47. The van der Waals surface area contributed by atoms with Crippen molar-refractivity contribution in [3.8, 4) is 0 Å². The molecular formula is C15H28N2O3. The molecule has 0 aromatic heterocycles. The van der Waals surface area contributed by atoms with E-state index in [2.05, 4.69) is 17.1 Å². The van der Waals surface area contributed by atoms with Gasteiger partial charge in [-0.25, -0.2) is 0 Å². The van der Waals surface area contributed by atoms with Gasteiger partial charge in [-0.3, -0.25) is 15.0 Å². The second-order valence-electron chi connectivity index (χ2n) is 6.61. The number of hydrogen-bond acceptors (Lipinski definition) is 4. The van der Waals surface area contributed by atoms with Crippen molar-refractivity contribution in [1.29, 1.82) is 0 Å². The molecule has 1 aliphatic carbocycles. The molecule has 2 fully saturated rings. The lowest BCUT2D eigenvalue weighted by molar-refractivity contribution is -0.145. The summed E-state index contributed by atoms with van der Waals surface area (Å²) in [4.78, 5) is 14.1. The monoisotopic (exact) mass is 284 g/mol. The SMILES string of the molecule is CC(C)NC1(C(=O)O)CCC(N2CCCOC(C)C2)C1. The van der Waals surface area contributed by atoms with Crippen LogP contribution >= 0.6 is 0 Å². The van der Waals surface area contributed by atoms with Crippen LogP contribution in [0.4, 0.5) is 0 Å². The van der Waals surface area contributed by atoms with Crippen LogP contribution in [0.2, 0.25) is 0 Å². The van der Waals surface area contributed by atoms with Crippen LogP contribution in [0.15, 0.2) is 0 Å². The molecule has 5 heteroatoms. The topological polar surface area (TPSA) is 61.8 Å². The average molecular weight is 284 g/mol. The summed E-state index contributed by atoms with van der Waals surface area (Å²) < 4.78 is 5.68. The van der Waals surface area contributed by atoms with Gasteiger partial charge in [0.05, 0.1) is 6.10 Å². The zero-order valence-electron chi connectivity index (χ0n) is 12.9. The van der Waals surface area contributed by atoms with Crippen molar-refractivity contribution in [3.05, 3.63) is 0 Å². The Kier molecular flexibility index (Phi) is 5.04. The van der Waals surface area contributed by atoms with Gasteiger partial charge in [0.25, 0.3) is 0 Å². The van der Waals surface area contributed by atoms with Gasteiger partial charge in [0.15, 0.2) is 0 Å². The van der Waals surface area contributed by atoms with Crippen LogP contribution in [0.25, 0.3) is 0 Å². The van der Waals surface area contributed by atoms with Crippen molar-refractivity contribution in [1.82, 2.24) is 10.2 Å². The summed E-state index contributed by atoms with van der Waals surface area (Å²) in [6, 6.07) is 0.553. The first-order chi connectivity index (χ1) is 9.43. The first kappa shape index (κ1) is 15.7. The van der Waals surface area contributed by atoms with E-state index < -0.39 is 11.5 Å². The summed E-state index contributed by atoms with van der Waals surface area (Å²) in [6.07, 6.45) is 3.66. The summed E-state index contributed by atoms with van der Waals surface area (Å²) in [5, 5.41) is 12.9. The third-order valence-electron chi connectivity index (χ3n) is 4.46. The molecule has 0 bridgehead atoms. The Morgan fingerprint density at radius 2 is 2.25 bits per heavy atom. The molecule has 0 aromatic rings. The van der Waals surface area contributed by atoms with E-state index in [4.69, 9.17) is 4.74 Å². The first-order valence-electron chi connectivity index (χ1n) is 7.80. The van der Waals surface area contributed by atoms with Gasteiger partial charge in [-0.15, -0.1) is 0 Å². The lowest BCUT2D eigenvalue weighted by Gasteiger charge is -2.32. The normalized spacial score (nSPS) is 36.2. The molecule has 0 amide bonds. The maximum atomic E-state index is 11.7. The molecule has 0 aromatic carbocycles. The Morgan fingerprint density at radius 3 is 2.90 bits per heavy atom. The molecule has 2 rings (SSSR count). The van der Waals surface area contributed by atoms with E-state index >= 15 is 0 Å².